The van der Waals surface area contributed by atoms with E-state index in [4.69, 9.17) is 17.3 Å². The van der Waals surface area contributed by atoms with Gasteiger partial charge in [-0.15, -0.1) is 0 Å². The molecule has 0 atom stereocenters. The van der Waals surface area contributed by atoms with Gasteiger partial charge in [-0.25, -0.2) is 4.79 Å². The van der Waals surface area contributed by atoms with Gasteiger partial charge < -0.3 is 10.4 Å². The molecule has 0 aliphatic heterocycles. The minimum Gasteiger partial charge on any atom is -0.478 e. The second-order valence-electron chi connectivity index (χ2n) is 4.41. The third-order valence-corrected chi connectivity index (χ3v) is 2.83. The van der Waals surface area contributed by atoms with E-state index in [0.717, 1.165) is 5.69 Å². The first-order chi connectivity index (χ1) is 10.5. The Labute approximate surface area is 132 Å². The lowest BCUT2D eigenvalue weighted by Gasteiger charge is -2.07. The number of nitrogens with one attached hydrogen (secondary N) is 2. The Hall–Kier alpha value is -2.80. The zero-order valence-electron chi connectivity index (χ0n) is 11.8. The van der Waals surface area contributed by atoms with Crippen LogP contribution in [-0.2, 0) is 0 Å². The highest BCUT2D eigenvalue weighted by Gasteiger charge is 2.03. The van der Waals surface area contributed by atoms with Gasteiger partial charge in [-0.1, -0.05) is 12.1 Å². The molecule has 0 amide bonds. The summed E-state index contributed by atoms with van der Waals surface area (Å²) in [7, 11) is 0. The van der Waals surface area contributed by atoms with Crippen molar-refractivity contribution in [3.8, 4) is 0 Å². The van der Waals surface area contributed by atoms with Crippen LogP contribution in [0.3, 0.4) is 0 Å². The van der Waals surface area contributed by atoms with Gasteiger partial charge in [0, 0.05) is 11.4 Å². The number of rotatable bonds is 4. The number of hydrogen-bond donors (Lipinski definition) is 3. The Bertz CT molecular complexity index is 731. The van der Waals surface area contributed by atoms with E-state index in [1.54, 1.807) is 18.3 Å². The molecular formula is C15H14N4O2S. The summed E-state index contributed by atoms with van der Waals surface area (Å²) in [6.45, 7) is 1.90. The molecule has 0 unspecified atom stereocenters. The summed E-state index contributed by atoms with van der Waals surface area (Å²) in [5.74, 6) is -0.994. The Kier molecular flexibility index (Phi) is 5.16. The second kappa shape index (κ2) is 7.28. The lowest BCUT2D eigenvalue weighted by atomic mass is 10.2. The average Bonchev–Trinajstić information content (AvgIpc) is 2.47. The van der Waals surface area contributed by atoms with E-state index in [-0.39, 0.29) is 10.7 Å². The van der Waals surface area contributed by atoms with E-state index in [2.05, 4.69) is 20.8 Å². The summed E-state index contributed by atoms with van der Waals surface area (Å²) in [4.78, 5) is 15.2. The number of aryl methyl sites for hydroxylation is 1. The number of benzene rings is 1. The van der Waals surface area contributed by atoms with Crippen molar-refractivity contribution in [3.63, 3.8) is 0 Å². The summed E-state index contributed by atoms with van der Waals surface area (Å²) < 4.78 is 0. The number of hydrazone groups is 1. The van der Waals surface area contributed by atoms with Crippen molar-refractivity contribution in [2.24, 2.45) is 5.10 Å². The maximum atomic E-state index is 10.9. The van der Waals surface area contributed by atoms with E-state index in [1.165, 1.54) is 12.1 Å². The summed E-state index contributed by atoms with van der Waals surface area (Å²) in [6, 6.07) is 11.9. The molecule has 0 radical (unpaired) electrons. The molecule has 0 saturated carbocycles. The van der Waals surface area contributed by atoms with Gasteiger partial charge in [0.1, 0.15) is 0 Å². The number of carboxylic acids is 1. The number of aromatic nitrogens is 1. The molecule has 7 heteroatoms. The van der Waals surface area contributed by atoms with Gasteiger partial charge in [0.25, 0.3) is 0 Å². The molecule has 1 aromatic heterocycles. The van der Waals surface area contributed by atoms with Crippen molar-refractivity contribution in [1.82, 2.24) is 10.4 Å². The van der Waals surface area contributed by atoms with Crippen molar-refractivity contribution >= 4 is 35.2 Å². The Morgan fingerprint density at radius 2 is 2.09 bits per heavy atom. The van der Waals surface area contributed by atoms with Crippen LogP contribution in [0, 0.1) is 6.92 Å². The molecule has 0 saturated heterocycles. The number of anilines is 1. The predicted octanol–water partition coefficient (Wildman–Crippen LogP) is 2.41. The van der Waals surface area contributed by atoms with Crippen LogP contribution < -0.4 is 10.7 Å². The van der Waals surface area contributed by atoms with E-state index >= 15 is 0 Å². The summed E-state index contributed by atoms with van der Waals surface area (Å²) in [5, 5.41) is 16.0. The normalized spacial score (nSPS) is 10.4. The Balaban J connectivity index is 1.93. The van der Waals surface area contributed by atoms with Gasteiger partial charge >= 0.3 is 5.97 Å². The van der Waals surface area contributed by atoms with Gasteiger partial charge in [0.2, 0.25) is 0 Å². The number of aromatic carboxylic acids is 1. The van der Waals surface area contributed by atoms with E-state index in [0.29, 0.717) is 11.4 Å². The van der Waals surface area contributed by atoms with E-state index in [1.807, 2.05) is 25.1 Å². The highest BCUT2D eigenvalue weighted by atomic mass is 32.1. The fourth-order valence-electron chi connectivity index (χ4n) is 1.68. The minimum absolute atomic E-state index is 0.181. The van der Waals surface area contributed by atoms with Gasteiger partial charge in [0.05, 0.1) is 17.5 Å². The first-order valence-electron chi connectivity index (χ1n) is 6.41. The number of pyridine rings is 1. The highest BCUT2D eigenvalue weighted by Crippen LogP contribution is 2.10. The van der Waals surface area contributed by atoms with E-state index < -0.39 is 5.97 Å². The van der Waals surface area contributed by atoms with Crippen LogP contribution in [0.15, 0.2) is 47.6 Å². The molecule has 3 N–H and O–H groups in total. The SMILES string of the molecule is Cc1cccc(/C=N\NC(=S)Nc2cccc(C(=O)O)c2)n1. The van der Waals surface area contributed by atoms with Gasteiger partial charge in [-0.05, 0) is 49.5 Å². The molecule has 6 nitrogen and oxygen atoms in total. The first-order valence-corrected chi connectivity index (χ1v) is 6.82. The zero-order valence-corrected chi connectivity index (χ0v) is 12.6. The van der Waals surface area contributed by atoms with Crippen LogP contribution >= 0.6 is 12.2 Å². The zero-order chi connectivity index (χ0) is 15.9. The van der Waals surface area contributed by atoms with Crippen molar-refractivity contribution < 1.29 is 9.90 Å². The van der Waals surface area contributed by atoms with Gasteiger partial charge in [0.15, 0.2) is 5.11 Å². The van der Waals surface area contributed by atoms with Crippen molar-refractivity contribution in [2.75, 3.05) is 5.32 Å². The molecule has 2 aromatic rings. The number of hydrogen-bond acceptors (Lipinski definition) is 4. The maximum absolute atomic E-state index is 10.9. The number of thiocarbonyl (C=S) groups is 1. The van der Waals surface area contributed by atoms with Crippen LogP contribution in [0.2, 0.25) is 0 Å². The Morgan fingerprint density at radius 1 is 1.32 bits per heavy atom. The molecule has 0 fully saturated rings. The summed E-state index contributed by atoms with van der Waals surface area (Å²) in [6.07, 6.45) is 1.55. The third-order valence-electron chi connectivity index (χ3n) is 2.64. The molecular weight excluding hydrogens is 300 g/mol. The quantitative estimate of drug-likeness (QED) is 0.456. The lowest BCUT2D eigenvalue weighted by Crippen LogP contribution is -2.24. The molecule has 0 spiro atoms. The van der Waals surface area contributed by atoms with Crippen molar-refractivity contribution in [1.29, 1.82) is 0 Å². The number of nitrogens with zero attached hydrogens (tertiary/aromatic N) is 2. The van der Waals surface area contributed by atoms with Crippen LogP contribution in [-0.4, -0.2) is 27.4 Å². The number of carboxylic acid groups (broad SMARTS) is 1. The summed E-state index contributed by atoms with van der Waals surface area (Å²) in [5.41, 5.74) is 5.01. The first kappa shape index (κ1) is 15.6. The van der Waals surface area contributed by atoms with Crippen molar-refractivity contribution in [2.45, 2.75) is 6.92 Å². The van der Waals surface area contributed by atoms with Gasteiger partial charge in [-0.2, -0.15) is 5.10 Å². The third kappa shape index (κ3) is 4.64. The molecule has 0 bridgehead atoms. The standard InChI is InChI=1S/C15H14N4O2S/c1-10-4-2-7-13(17-10)9-16-19-15(22)18-12-6-3-5-11(8-12)14(20)21/h2-9H,1H3,(H,20,21)(H2,18,19,22)/b16-9-. The monoisotopic (exact) mass is 314 g/mol. The lowest BCUT2D eigenvalue weighted by molar-refractivity contribution is 0.0697. The van der Waals surface area contributed by atoms with Crippen LogP contribution in [0.1, 0.15) is 21.7 Å². The van der Waals surface area contributed by atoms with Crippen molar-refractivity contribution in [3.05, 3.63) is 59.4 Å². The predicted molar refractivity (Wildman–Crippen MR) is 89.3 cm³/mol. The molecule has 112 valence electrons. The van der Waals surface area contributed by atoms with Gasteiger partial charge in [-0.3, -0.25) is 10.4 Å². The largest absolute Gasteiger partial charge is 0.478 e. The molecule has 2 rings (SSSR count). The van der Waals surface area contributed by atoms with Crippen LogP contribution in [0.4, 0.5) is 5.69 Å². The molecule has 22 heavy (non-hydrogen) atoms. The highest BCUT2D eigenvalue weighted by molar-refractivity contribution is 7.80. The number of carbonyl (C=O) groups is 1. The fraction of sp³-hybridized carbons (Fsp3) is 0.0667. The second-order valence-corrected chi connectivity index (χ2v) is 4.82. The Morgan fingerprint density at radius 3 is 2.82 bits per heavy atom. The smallest absolute Gasteiger partial charge is 0.335 e. The maximum Gasteiger partial charge on any atom is 0.335 e. The average molecular weight is 314 g/mol. The molecule has 0 aliphatic rings. The minimum atomic E-state index is -0.994. The topological polar surface area (TPSA) is 86.6 Å². The van der Waals surface area contributed by atoms with Crippen LogP contribution in [0.25, 0.3) is 0 Å². The fourth-order valence-corrected chi connectivity index (χ4v) is 1.85. The van der Waals surface area contributed by atoms with E-state index in [9.17, 15) is 4.79 Å². The molecule has 1 heterocycles. The molecule has 0 aliphatic carbocycles. The molecule has 1 aromatic carbocycles. The van der Waals surface area contributed by atoms with Crippen LogP contribution in [0.5, 0.6) is 0 Å². The summed E-state index contributed by atoms with van der Waals surface area (Å²) >= 11 is 5.08.